The maximum atomic E-state index is 15.3. The third-order valence-electron chi connectivity index (χ3n) is 7.36. The van der Waals surface area contributed by atoms with E-state index >= 15 is 4.39 Å². The molecule has 8 nitrogen and oxygen atoms in total. The van der Waals surface area contributed by atoms with Crippen LogP contribution in [0.5, 0.6) is 17.2 Å². The van der Waals surface area contributed by atoms with Crippen LogP contribution in [0.3, 0.4) is 0 Å². The molecule has 2 aliphatic rings. The maximum Gasteiger partial charge on any atom is 0.387 e. The number of fused-ring (bicyclic) bond motifs is 1. The lowest BCUT2D eigenvalue weighted by atomic mass is 10.0. The van der Waals surface area contributed by atoms with Crippen molar-refractivity contribution in [3.8, 4) is 22.9 Å². The largest absolute Gasteiger partial charge is 0.454 e. The van der Waals surface area contributed by atoms with Crippen LogP contribution in [0.15, 0.2) is 60.3 Å². The molecule has 1 saturated heterocycles. The molecular weight excluding hydrogens is 568 g/mol. The van der Waals surface area contributed by atoms with Gasteiger partial charge in [0.05, 0.1) is 17.4 Å². The Hall–Kier alpha value is -5.13. The van der Waals surface area contributed by atoms with Crippen molar-refractivity contribution in [3.05, 3.63) is 94.2 Å². The van der Waals surface area contributed by atoms with Gasteiger partial charge in [-0.2, -0.15) is 13.9 Å². The van der Waals surface area contributed by atoms with Crippen LogP contribution in [-0.4, -0.2) is 34.6 Å². The number of para-hydroxylation sites is 1. The first-order valence-electron chi connectivity index (χ1n) is 13.3. The van der Waals surface area contributed by atoms with Gasteiger partial charge in [0.15, 0.2) is 23.2 Å². The van der Waals surface area contributed by atoms with Crippen molar-refractivity contribution in [2.75, 3.05) is 17.2 Å². The number of nitrogens with zero attached hydrogens (tertiary/aromatic N) is 3. The highest BCUT2D eigenvalue weighted by molar-refractivity contribution is 6.15. The number of Topliss-reactive ketones (excluding diaryl/α,β-unsaturated/α-hetero) is 1. The predicted molar refractivity (Wildman–Crippen MR) is 150 cm³/mol. The first-order chi connectivity index (χ1) is 20.6. The minimum absolute atomic E-state index is 0.0172. The van der Waals surface area contributed by atoms with Crippen molar-refractivity contribution in [2.24, 2.45) is 0 Å². The van der Waals surface area contributed by atoms with E-state index in [4.69, 9.17) is 15.2 Å². The van der Waals surface area contributed by atoms with Gasteiger partial charge >= 0.3 is 6.61 Å². The number of hydrogen-bond donors (Lipinski definition) is 1. The summed E-state index contributed by atoms with van der Waals surface area (Å²) in [4.78, 5) is 27.3. The zero-order chi connectivity index (χ0) is 30.4. The summed E-state index contributed by atoms with van der Waals surface area (Å²) in [6.45, 7) is -1.14. The Balaban J connectivity index is 1.27. The van der Waals surface area contributed by atoms with Crippen LogP contribution in [0.4, 0.5) is 29.1 Å². The Labute approximate surface area is 242 Å². The van der Waals surface area contributed by atoms with Gasteiger partial charge in [-0.25, -0.2) is 13.5 Å². The van der Waals surface area contributed by atoms with Gasteiger partial charge < -0.3 is 20.1 Å². The Morgan fingerprint density at radius 2 is 1.86 bits per heavy atom. The first kappa shape index (κ1) is 28.0. The molecule has 2 heterocycles. The lowest BCUT2D eigenvalue weighted by molar-refractivity contribution is -0.117. The highest BCUT2D eigenvalue weighted by Gasteiger charge is 2.30. The lowest BCUT2D eigenvalue weighted by Crippen LogP contribution is -2.25. The number of carbonyl (C=O) groups is 2. The van der Waals surface area contributed by atoms with Crippen LogP contribution in [0, 0.1) is 18.6 Å². The van der Waals surface area contributed by atoms with Crippen molar-refractivity contribution in [3.63, 3.8) is 0 Å². The number of benzene rings is 3. The summed E-state index contributed by atoms with van der Waals surface area (Å²) < 4.78 is 67.0. The van der Waals surface area contributed by atoms with Crippen LogP contribution in [0.2, 0.25) is 0 Å². The molecule has 4 aromatic rings. The van der Waals surface area contributed by atoms with E-state index in [-0.39, 0.29) is 52.3 Å². The summed E-state index contributed by atoms with van der Waals surface area (Å²) >= 11 is 0. The predicted octanol–water partition coefficient (Wildman–Crippen LogP) is 6.38. The van der Waals surface area contributed by atoms with Crippen LogP contribution in [0.25, 0.3) is 11.8 Å². The zero-order valence-corrected chi connectivity index (χ0v) is 22.7. The fourth-order valence-electron chi connectivity index (χ4n) is 5.38. The van der Waals surface area contributed by atoms with E-state index < -0.39 is 24.0 Å². The maximum absolute atomic E-state index is 15.3. The second kappa shape index (κ2) is 10.9. The van der Waals surface area contributed by atoms with Gasteiger partial charge in [-0.05, 0) is 66.4 Å². The van der Waals surface area contributed by atoms with Gasteiger partial charge in [0, 0.05) is 31.0 Å². The van der Waals surface area contributed by atoms with Crippen molar-refractivity contribution in [2.45, 2.75) is 32.8 Å². The molecule has 0 spiro atoms. The molecule has 0 unspecified atom stereocenters. The smallest absolute Gasteiger partial charge is 0.387 e. The molecule has 43 heavy (non-hydrogen) atoms. The van der Waals surface area contributed by atoms with E-state index in [1.807, 2.05) is 0 Å². The van der Waals surface area contributed by atoms with Crippen LogP contribution in [0.1, 0.15) is 39.9 Å². The molecule has 1 amide bonds. The number of ether oxygens (including phenoxy) is 2. The average molecular weight is 593 g/mol. The molecule has 3 aromatic carbocycles. The molecule has 2 N–H and O–H groups in total. The van der Waals surface area contributed by atoms with E-state index in [0.717, 1.165) is 10.7 Å². The molecular formula is C31H24F4N4O4. The molecule has 220 valence electrons. The summed E-state index contributed by atoms with van der Waals surface area (Å²) in [5.41, 5.74) is 8.33. The number of hydrogen-bond acceptors (Lipinski definition) is 6. The molecule has 1 fully saturated rings. The van der Waals surface area contributed by atoms with E-state index in [0.29, 0.717) is 41.6 Å². The second-order valence-corrected chi connectivity index (χ2v) is 10.2. The number of allylic oxidation sites excluding steroid dienone is 1. The minimum atomic E-state index is -3.10. The molecule has 12 heteroatoms. The third kappa shape index (κ3) is 5.20. The summed E-state index contributed by atoms with van der Waals surface area (Å²) in [7, 11) is 0. The number of alkyl halides is 2. The number of aromatic nitrogens is 2. The Bertz CT molecular complexity index is 1790. The Morgan fingerprint density at radius 3 is 2.56 bits per heavy atom. The highest BCUT2D eigenvalue weighted by atomic mass is 19.3. The summed E-state index contributed by atoms with van der Waals surface area (Å²) in [5, 5.41) is 4.15. The van der Waals surface area contributed by atoms with Gasteiger partial charge in [0.2, 0.25) is 5.91 Å². The highest BCUT2D eigenvalue weighted by Crippen LogP contribution is 2.40. The molecule has 0 atom stereocenters. The van der Waals surface area contributed by atoms with Crippen molar-refractivity contribution < 1.29 is 36.6 Å². The fraction of sp³-hybridized carbons (Fsp3) is 0.194. The summed E-state index contributed by atoms with van der Waals surface area (Å²) in [6, 6.07) is 11.3. The van der Waals surface area contributed by atoms with E-state index in [9.17, 15) is 22.8 Å². The lowest BCUT2D eigenvalue weighted by Gasteiger charge is -2.21. The molecule has 1 aliphatic heterocycles. The van der Waals surface area contributed by atoms with Crippen LogP contribution < -0.4 is 20.1 Å². The number of amides is 1. The monoisotopic (exact) mass is 592 g/mol. The van der Waals surface area contributed by atoms with Gasteiger partial charge in [0.1, 0.15) is 23.0 Å². The Kier molecular flexibility index (Phi) is 7.12. The molecule has 0 saturated carbocycles. The number of aryl methyl sites for hydroxylation is 1. The molecule has 0 radical (unpaired) electrons. The van der Waals surface area contributed by atoms with Gasteiger partial charge in [0.25, 0.3) is 0 Å². The Morgan fingerprint density at radius 1 is 1.07 bits per heavy atom. The standard InChI is InChI=1S/C31H24F4N4O4/c1-16-9-20(42-25-6-3-2-5-22(25)32)14-23(33)28(16)39-30(36)21(15-37-39)29(41)19-10-17-12-24(38-8-4-7-27(38)40)26(43-31(34)35)13-18(17)11-19/h2-3,5-6,9,11-15,31H,4,7-8,10,36H2,1H3. The van der Waals surface area contributed by atoms with E-state index in [1.165, 1.54) is 41.4 Å². The van der Waals surface area contributed by atoms with Gasteiger partial charge in [-0.3, -0.25) is 9.59 Å². The van der Waals surface area contributed by atoms with Crippen LogP contribution in [-0.2, 0) is 11.2 Å². The fourth-order valence-corrected chi connectivity index (χ4v) is 5.38. The summed E-state index contributed by atoms with van der Waals surface area (Å²) in [6.07, 6.45) is 3.82. The normalized spacial score (nSPS) is 14.3. The number of halogens is 4. The summed E-state index contributed by atoms with van der Waals surface area (Å²) in [5.74, 6) is -2.33. The van der Waals surface area contributed by atoms with Crippen molar-refractivity contribution >= 4 is 29.3 Å². The molecule has 0 bridgehead atoms. The van der Waals surface area contributed by atoms with E-state index in [1.54, 1.807) is 25.1 Å². The average Bonchev–Trinajstić information content (AvgIpc) is 3.67. The van der Waals surface area contributed by atoms with Gasteiger partial charge in [-0.1, -0.05) is 12.1 Å². The molecule has 1 aromatic heterocycles. The number of anilines is 2. The van der Waals surface area contributed by atoms with Crippen LogP contribution >= 0.6 is 0 Å². The van der Waals surface area contributed by atoms with Crippen molar-refractivity contribution in [1.82, 2.24) is 9.78 Å². The molecule has 1 aliphatic carbocycles. The van der Waals surface area contributed by atoms with E-state index in [2.05, 4.69) is 5.10 Å². The second-order valence-electron chi connectivity index (χ2n) is 10.2. The third-order valence-corrected chi connectivity index (χ3v) is 7.36. The number of carbonyl (C=O) groups excluding carboxylic acids is 2. The van der Waals surface area contributed by atoms with Gasteiger partial charge in [-0.15, -0.1) is 0 Å². The zero-order valence-electron chi connectivity index (χ0n) is 22.7. The number of rotatable bonds is 8. The SMILES string of the molecule is Cc1cc(Oc2ccccc2F)cc(F)c1-n1ncc(C(=O)C2=Cc3cc(OC(F)F)c(N4CCCC4=O)cc3C2)c1N. The molecule has 6 rings (SSSR count). The number of ketones is 1. The quantitative estimate of drug-likeness (QED) is 0.188. The first-order valence-corrected chi connectivity index (χ1v) is 13.3. The topological polar surface area (TPSA) is 99.7 Å². The number of nitrogens with two attached hydrogens (primary N) is 1. The number of nitrogen functional groups attached to an aromatic ring is 1. The van der Waals surface area contributed by atoms with Crippen molar-refractivity contribution in [1.29, 1.82) is 0 Å². The minimum Gasteiger partial charge on any atom is -0.454 e.